The van der Waals surface area contributed by atoms with Crippen LogP contribution >= 0.6 is 0 Å². The predicted molar refractivity (Wildman–Crippen MR) is 65.6 cm³/mol. The van der Waals surface area contributed by atoms with Gasteiger partial charge in [0.15, 0.2) is 0 Å². The van der Waals surface area contributed by atoms with E-state index in [0.717, 1.165) is 12.5 Å². The summed E-state index contributed by atoms with van der Waals surface area (Å²) < 4.78 is 0. The van der Waals surface area contributed by atoms with E-state index in [9.17, 15) is 0 Å². The molecule has 0 saturated carbocycles. The average Bonchev–Trinajstić information content (AvgIpc) is 1.93. The summed E-state index contributed by atoms with van der Waals surface area (Å²) in [5, 5.41) is 3.31. The lowest BCUT2D eigenvalue weighted by molar-refractivity contribution is 0.194. The second-order valence-electron chi connectivity index (χ2n) is 6.72. The SMILES string of the molecule is CNCC(CCC(C)(C)C)C(C)(C)C. The van der Waals surface area contributed by atoms with E-state index >= 15 is 0 Å². The summed E-state index contributed by atoms with van der Waals surface area (Å²) in [5.41, 5.74) is 0.894. The Bertz CT molecular complexity index is 148. The monoisotopic (exact) mass is 199 g/mol. The van der Waals surface area contributed by atoms with E-state index in [1.54, 1.807) is 0 Å². The van der Waals surface area contributed by atoms with Gasteiger partial charge in [-0.2, -0.15) is 0 Å². The quantitative estimate of drug-likeness (QED) is 0.728. The van der Waals surface area contributed by atoms with Crippen molar-refractivity contribution < 1.29 is 0 Å². The Balaban J connectivity index is 4.12. The first kappa shape index (κ1) is 14.0. The molecule has 1 atom stereocenters. The predicted octanol–water partition coefficient (Wildman–Crippen LogP) is 3.69. The van der Waals surface area contributed by atoms with Crippen molar-refractivity contribution in [1.82, 2.24) is 5.32 Å². The Hall–Kier alpha value is -0.0400. The van der Waals surface area contributed by atoms with E-state index in [-0.39, 0.29) is 0 Å². The normalized spacial score (nSPS) is 15.6. The second kappa shape index (κ2) is 5.16. The van der Waals surface area contributed by atoms with Crippen molar-refractivity contribution in [2.24, 2.45) is 16.7 Å². The largest absolute Gasteiger partial charge is 0.319 e. The summed E-state index contributed by atoms with van der Waals surface area (Å²) in [6, 6.07) is 0. The van der Waals surface area contributed by atoms with Gasteiger partial charge in [0.1, 0.15) is 0 Å². The van der Waals surface area contributed by atoms with E-state index < -0.39 is 0 Å². The molecule has 0 aromatic carbocycles. The molecular weight excluding hydrogens is 170 g/mol. The molecule has 1 heteroatoms. The third-order valence-electron chi connectivity index (χ3n) is 2.92. The van der Waals surface area contributed by atoms with Gasteiger partial charge in [-0.05, 0) is 43.2 Å². The Kier molecular flexibility index (Phi) is 5.14. The highest BCUT2D eigenvalue weighted by atomic mass is 14.8. The van der Waals surface area contributed by atoms with Crippen LogP contribution in [-0.4, -0.2) is 13.6 Å². The fraction of sp³-hybridized carbons (Fsp3) is 1.00. The first-order chi connectivity index (χ1) is 6.17. The molecule has 0 aliphatic rings. The van der Waals surface area contributed by atoms with Gasteiger partial charge in [0.25, 0.3) is 0 Å². The van der Waals surface area contributed by atoms with Gasteiger partial charge in [-0.15, -0.1) is 0 Å². The first-order valence-corrected chi connectivity index (χ1v) is 5.81. The zero-order valence-corrected chi connectivity index (χ0v) is 11.2. The van der Waals surface area contributed by atoms with Crippen LogP contribution in [0.1, 0.15) is 54.4 Å². The van der Waals surface area contributed by atoms with Crippen LogP contribution in [0.5, 0.6) is 0 Å². The smallest absolute Gasteiger partial charge is 0.00185 e. The van der Waals surface area contributed by atoms with Crippen molar-refractivity contribution in [2.45, 2.75) is 54.4 Å². The van der Waals surface area contributed by atoms with Gasteiger partial charge in [0, 0.05) is 0 Å². The second-order valence-corrected chi connectivity index (χ2v) is 6.72. The van der Waals surface area contributed by atoms with E-state index in [4.69, 9.17) is 0 Å². The zero-order valence-electron chi connectivity index (χ0n) is 11.2. The fourth-order valence-corrected chi connectivity index (χ4v) is 1.69. The van der Waals surface area contributed by atoms with Crippen molar-refractivity contribution in [1.29, 1.82) is 0 Å². The van der Waals surface area contributed by atoms with E-state index in [1.165, 1.54) is 12.8 Å². The van der Waals surface area contributed by atoms with Gasteiger partial charge in [0.2, 0.25) is 0 Å². The third-order valence-corrected chi connectivity index (χ3v) is 2.92. The van der Waals surface area contributed by atoms with E-state index in [0.29, 0.717) is 10.8 Å². The van der Waals surface area contributed by atoms with Gasteiger partial charge < -0.3 is 5.32 Å². The van der Waals surface area contributed by atoms with Gasteiger partial charge >= 0.3 is 0 Å². The highest BCUT2D eigenvalue weighted by molar-refractivity contribution is 4.77. The minimum Gasteiger partial charge on any atom is -0.319 e. The molecule has 0 aliphatic carbocycles. The van der Waals surface area contributed by atoms with Crippen molar-refractivity contribution in [2.75, 3.05) is 13.6 Å². The summed E-state index contributed by atoms with van der Waals surface area (Å²) in [4.78, 5) is 0. The van der Waals surface area contributed by atoms with Crippen LogP contribution in [0.25, 0.3) is 0 Å². The Morgan fingerprint density at radius 1 is 1.00 bits per heavy atom. The van der Waals surface area contributed by atoms with E-state index in [1.807, 2.05) is 0 Å². The number of rotatable bonds is 4. The summed E-state index contributed by atoms with van der Waals surface area (Å²) in [6.45, 7) is 15.1. The first-order valence-electron chi connectivity index (χ1n) is 5.81. The van der Waals surface area contributed by atoms with Crippen LogP contribution in [0.4, 0.5) is 0 Å². The van der Waals surface area contributed by atoms with Crippen molar-refractivity contribution >= 4 is 0 Å². The van der Waals surface area contributed by atoms with E-state index in [2.05, 4.69) is 53.9 Å². The maximum Gasteiger partial charge on any atom is -0.00185 e. The molecule has 0 amide bonds. The lowest BCUT2D eigenvalue weighted by Crippen LogP contribution is -2.31. The molecule has 1 N–H and O–H groups in total. The van der Waals surface area contributed by atoms with Crippen LogP contribution in [0.2, 0.25) is 0 Å². The molecule has 0 fully saturated rings. The van der Waals surface area contributed by atoms with Crippen LogP contribution in [0, 0.1) is 16.7 Å². The van der Waals surface area contributed by atoms with Crippen LogP contribution in [-0.2, 0) is 0 Å². The van der Waals surface area contributed by atoms with Crippen LogP contribution in [0.3, 0.4) is 0 Å². The highest BCUT2D eigenvalue weighted by Gasteiger charge is 2.25. The standard InChI is InChI=1S/C13H29N/c1-12(2,3)9-8-11(10-14-7)13(4,5)6/h11,14H,8-10H2,1-7H3. The molecular formula is C13H29N. The topological polar surface area (TPSA) is 12.0 Å². The average molecular weight is 199 g/mol. The van der Waals surface area contributed by atoms with Crippen molar-refractivity contribution in [3.63, 3.8) is 0 Å². The fourth-order valence-electron chi connectivity index (χ4n) is 1.69. The van der Waals surface area contributed by atoms with Crippen molar-refractivity contribution in [3.05, 3.63) is 0 Å². The minimum absolute atomic E-state index is 0.425. The summed E-state index contributed by atoms with van der Waals surface area (Å²) in [7, 11) is 2.05. The molecule has 0 aromatic rings. The number of nitrogens with one attached hydrogen (secondary N) is 1. The van der Waals surface area contributed by atoms with Crippen molar-refractivity contribution in [3.8, 4) is 0 Å². The number of hydrogen-bond acceptors (Lipinski definition) is 1. The maximum absolute atomic E-state index is 3.31. The Morgan fingerprint density at radius 3 is 1.79 bits per heavy atom. The Labute approximate surface area is 90.7 Å². The molecule has 0 aliphatic heterocycles. The van der Waals surface area contributed by atoms with Gasteiger partial charge in [-0.25, -0.2) is 0 Å². The molecule has 0 spiro atoms. The molecule has 0 aromatic heterocycles. The lowest BCUT2D eigenvalue weighted by atomic mass is 9.75. The molecule has 14 heavy (non-hydrogen) atoms. The van der Waals surface area contributed by atoms with Gasteiger partial charge in [0.05, 0.1) is 0 Å². The molecule has 0 saturated heterocycles. The molecule has 0 bridgehead atoms. The molecule has 1 nitrogen and oxygen atoms in total. The third kappa shape index (κ3) is 6.42. The molecule has 0 radical (unpaired) electrons. The molecule has 0 rings (SSSR count). The molecule has 1 unspecified atom stereocenters. The maximum atomic E-state index is 3.31. The lowest BCUT2D eigenvalue weighted by Gasteiger charge is -2.33. The highest BCUT2D eigenvalue weighted by Crippen LogP contribution is 2.33. The van der Waals surface area contributed by atoms with Gasteiger partial charge in [-0.1, -0.05) is 41.5 Å². The summed E-state index contributed by atoms with van der Waals surface area (Å²) in [6.07, 6.45) is 2.64. The zero-order chi connectivity index (χ0) is 11.4. The molecule has 86 valence electrons. The minimum atomic E-state index is 0.425. The van der Waals surface area contributed by atoms with Crippen LogP contribution < -0.4 is 5.32 Å². The Morgan fingerprint density at radius 2 is 1.50 bits per heavy atom. The molecule has 0 heterocycles. The summed E-state index contributed by atoms with van der Waals surface area (Å²) >= 11 is 0. The van der Waals surface area contributed by atoms with Crippen LogP contribution in [0.15, 0.2) is 0 Å². The van der Waals surface area contributed by atoms with Gasteiger partial charge in [-0.3, -0.25) is 0 Å². The summed E-state index contributed by atoms with van der Waals surface area (Å²) in [5.74, 6) is 0.784. The number of hydrogen-bond donors (Lipinski definition) is 1.